The van der Waals surface area contributed by atoms with Crippen molar-refractivity contribution in [3.05, 3.63) is 66.8 Å². The smallest absolute Gasteiger partial charge is 0.298 e. The van der Waals surface area contributed by atoms with E-state index in [1.807, 2.05) is 0 Å². The molecular weight excluding hydrogens is 417 g/mol. The third-order valence-electron chi connectivity index (χ3n) is 3.13. The van der Waals surface area contributed by atoms with Crippen molar-refractivity contribution < 1.29 is 9.72 Å². The van der Waals surface area contributed by atoms with Gasteiger partial charge in [0.2, 0.25) is 5.91 Å². The average molecular weight is 426 g/mol. The van der Waals surface area contributed by atoms with Crippen LogP contribution in [0.1, 0.15) is 4.88 Å². The Bertz CT molecular complexity index is 1010. The fraction of sp³-hybridized carbons (Fsp3) is 0. The fourth-order valence-electron chi connectivity index (χ4n) is 1.98. The summed E-state index contributed by atoms with van der Waals surface area (Å²) in [6, 6.07) is 8.04. The minimum absolute atomic E-state index is 0.0213. The highest BCUT2D eigenvalue weighted by Crippen LogP contribution is 2.32. The third-order valence-corrected chi connectivity index (χ3v) is 5.45. The first-order chi connectivity index (χ1) is 12.4. The minimum atomic E-state index is -0.472. The van der Waals surface area contributed by atoms with Gasteiger partial charge in [-0.05, 0) is 30.3 Å². The van der Waals surface area contributed by atoms with Gasteiger partial charge in [-0.3, -0.25) is 20.2 Å². The van der Waals surface area contributed by atoms with Crippen molar-refractivity contribution in [1.82, 2.24) is 4.98 Å². The second kappa shape index (κ2) is 7.96. The zero-order valence-electron chi connectivity index (χ0n) is 12.8. The summed E-state index contributed by atoms with van der Waals surface area (Å²) in [5, 5.41) is 16.5. The molecule has 1 amide bonds. The number of aromatic nitrogens is 1. The Morgan fingerprint density at radius 1 is 1.27 bits per heavy atom. The molecule has 132 valence electrons. The molecule has 26 heavy (non-hydrogen) atoms. The number of thiophene rings is 1. The Labute approximate surface area is 165 Å². The first kappa shape index (κ1) is 18.5. The van der Waals surface area contributed by atoms with Crippen molar-refractivity contribution >= 4 is 68.0 Å². The van der Waals surface area contributed by atoms with Crippen molar-refractivity contribution in [3.8, 4) is 11.3 Å². The number of amides is 1. The normalized spacial score (nSPS) is 11.0. The Kier molecular flexibility index (Phi) is 5.67. The summed E-state index contributed by atoms with van der Waals surface area (Å²) in [6.07, 6.45) is 2.80. The summed E-state index contributed by atoms with van der Waals surface area (Å²) in [4.78, 5) is 27.1. The second-order valence-corrected chi connectivity index (χ2v) is 7.71. The quantitative estimate of drug-likeness (QED) is 0.320. The molecule has 0 atom stereocenters. The van der Waals surface area contributed by atoms with Crippen LogP contribution in [0.3, 0.4) is 0 Å². The molecule has 1 N–H and O–H groups in total. The van der Waals surface area contributed by atoms with Gasteiger partial charge >= 0.3 is 5.00 Å². The van der Waals surface area contributed by atoms with E-state index in [-0.39, 0.29) is 10.9 Å². The number of anilines is 1. The maximum Gasteiger partial charge on any atom is 0.324 e. The number of nitrogens with zero attached hydrogens (tertiary/aromatic N) is 2. The Morgan fingerprint density at radius 2 is 2.08 bits per heavy atom. The number of nitrogens with one attached hydrogen (secondary N) is 1. The van der Waals surface area contributed by atoms with E-state index in [1.54, 1.807) is 29.6 Å². The molecule has 0 spiro atoms. The average Bonchev–Trinajstić information content (AvgIpc) is 3.24. The second-order valence-electron chi connectivity index (χ2n) is 4.92. The maximum atomic E-state index is 12.0. The van der Waals surface area contributed by atoms with E-state index < -0.39 is 4.92 Å². The number of hydrogen-bond acceptors (Lipinski definition) is 6. The van der Waals surface area contributed by atoms with E-state index in [4.69, 9.17) is 23.2 Å². The molecule has 0 aliphatic carbocycles. The monoisotopic (exact) mass is 425 g/mol. The van der Waals surface area contributed by atoms with Gasteiger partial charge in [0.25, 0.3) is 0 Å². The molecule has 3 rings (SSSR count). The van der Waals surface area contributed by atoms with Crippen LogP contribution < -0.4 is 5.32 Å². The lowest BCUT2D eigenvalue weighted by atomic mass is 10.2. The van der Waals surface area contributed by atoms with Gasteiger partial charge in [0.1, 0.15) is 0 Å². The van der Waals surface area contributed by atoms with Gasteiger partial charge in [0, 0.05) is 33.0 Å². The van der Waals surface area contributed by atoms with Crippen LogP contribution in [0.15, 0.2) is 41.8 Å². The lowest BCUT2D eigenvalue weighted by Crippen LogP contribution is -2.07. The molecule has 0 bridgehead atoms. The van der Waals surface area contributed by atoms with Gasteiger partial charge in [0.15, 0.2) is 5.13 Å². The standard InChI is InChI=1S/C16H9Cl2N3O3S2/c17-9-1-4-12(18)11(7-9)13-8-25-16(19-13)20-14(22)5-2-10-3-6-15(26-10)21(23)24/h1-8H,(H,19,20,22). The van der Waals surface area contributed by atoms with Crippen molar-refractivity contribution in [1.29, 1.82) is 0 Å². The topological polar surface area (TPSA) is 85.1 Å². The number of carbonyl (C=O) groups excluding carboxylic acids is 1. The van der Waals surface area contributed by atoms with Gasteiger partial charge in [-0.2, -0.15) is 0 Å². The maximum absolute atomic E-state index is 12.0. The van der Waals surface area contributed by atoms with Gasteiger partial charge in [-0.25, -0.2) is 4.98 Å². The van der Waals surface area contributed by atoms with Crippen LogP contribution in [-0.2, 0) is 4.79 Å². The highest BCUT2D eigenvalue weighted by Gasteiger charge is 2.11. The Balaban J connectivity index is 1.68. The van der Waals surface area contributed by atoms with E-state index in [0.717, 1.165) is 11.3 Å². The third kappa shape index (κ3) is 4.47. The van der Waals surface area contributed by atoms with Crippen molar-refractivity contribution in [2.45, 2.75) is 0 Å². The number of rotatable bonds is 5. The molecule has 2 aromatic heterocycles. The van der Waals surface area contributed by atoms with Crippen LogP contribution in [0.4, 0.5) is 10.1 Å². The lowest BCUT2D eigenvalue weighted by Gasteiger charge is -2.01. The summed E-state index contributed by atoms with van der Waals surface area (Å²) in [5.74, 6) is -0.390. The molecule has 6 nitrogen and oxygen atoms in total. The van der Waals surface area contributed by atoms with Crippen LogP contribution in [-0.4, -0.2) is 15.8 Å². The highest BCUT2D eigenvalue weighted by atomic mass is 35.5. The van der Waals surface area contributed by atoms with Crippen LogP contribution in [0, 0.1) is 10.1 Å². The summed E-state index contributed by atoms with van der Waals surface area (Å²) in [6.45, 7) is 0. The number of benzene rings is 1. The first-order valence-corrected chi connectivity index (χ1v) is 9.52. The molecule has 0 saturated carbocycles. The predicted octanol–water partition coefficient (Wildman–Crippen LogP) is 5.74. The summed E-state index contributed by atoms with van der Waals surface area (Å²) >= 11 is 14.4. The van der Waals surface area contributed by atoms with Crippen LogP contribution in [0.5, 0.6) is 0 Å². The van der Waals surface area contributed by atoms with Crippen molar-refractivity contribution in [3.63, 3.8) is 0 Å². The van der Waals surface area contributed by atoms with Gasteiger partial charge in [-0.1, -0.05) is 34.5 Å². The first-order valence-electron chi connectivity index (χ1n) is 7.06. The number of halogens is 2. The molecule has 1 aromatic carbocycles. The number of thiazole rings is 1. The molecule has 0 unspecified atom stereocenters. The molecule has 0 aliphatic heterocycles. The molecule has 2 heterocycles. The Morgan fingerprint density at radius 3 is 2.81 bits per heavy atom. The molecule has 10 heteroatoms. The van der Waals surface area contributed by atoms with Crippen LogP contribution in [0.2, 0.25) is 10.0 Å². The molecule has 0 radical (unpaired) electrons. The molecule has 0 aliphatic rings. The predicted molar refractivity (Wildman–Crippen MR) is 106 cm³/mol. The van der Waals surface area contributed by atoms with Crippen molar-refractivity contribution in [2.75, 3.05) is 5.32 Å². The summed E-state index contributed by atoms with van der Waals surface area (Å²) in [5.41, 5.74) is 1.29. The van der Waals surface area contributed by atoms with Gasteiger partial charge in [0.05, 0.1) is 15.6 Å². The van der Waals surface area contributed by atoms with Gasteiger partial charge in [-0.15, -0.1) is 11.3 Å². The van der Waals surface area contributed by atoms with E-state index in [1.165, 1.54) is 29.6 Å². The number of carbonyl (C=O) groups is 1. The number of hydrogen-bond donors (Lipinski definition) is 1. The van der Waals surface area contributed by atoms with Crippen molar-refractivity contribution in [2.24, 2.45) is 0 Å². The zero-order valence-corrected chi connectivity index (χ0v) is 16.0. The minimum Gasteiger partial charge on any atom is -0.298 e. The van der Waals surface area contributed by atoms with E-state index in [2.05, 4.69) is 10.3 Å². The lowest BCUT2D eigenvalue weighted by molar-refractivity contribution is -0.380. The van der Waals surface area contributed by atoms with Gasteiger partial charge < -0.3 is 0 Å². The molecule has 0 saturated heterocycles. The molecule has 0 fully saturated rings. The zero-order chi connectivity index (χ0) is 18.7. The molecule has 3 aromatic rings. The van der Waals surface area contributed by atoms with E-state index in [0.29, 0.717) is 31.3 Å². The SMILES string of the molecule is O=C(C=Cc1ccc([N+](=O)[O-])s1)Nc1nc(-c2cc(Cl)ccc2Cl)cs1. The number of nitro groups is 1. The summed E-state index contributed by atoms with van der Waals surface area (Å²) in [7, 11) is 0. The molecular formula is C16H9Cl2N3O3S2. The summed E-state index contributed by atoms with van der Waals surface area (Å²) < 4.78 is 0. The highest BCUT2D eigenvalue weighted by molar-refractivity contribution is 7.16. The van der Waals surface area contributed by atoms with Crippen LogP contribution >= 0.6 is 45.9 Å². The van der Waals surface area contributed by atoms with E-state index >= 15 is 0 Å². The largest absolute Gasteiger partial charge is 0.324 e. The fourth-order valence-corrected chi connectivity index (χ4v) is 3.81. The van der Waals surface area contributed by atoms with E-state index in [9.17, 15) is 14.9 Å². The Hall–Kier alpha value is -2.26. The van der Waals surface area contributed by atoms with Crippen LogP contribution in [0.25, 0.3) is 17.3 Å².